The van der Waals surface area contributed by atoms with Crippen molar-refractivity contribution in [1.82, 2.24) is 26.3 Å². The maximum atomic E-state index is 13.7. The van der Waals surface area contributed by atoms with E-state index in [0.717, 1.165) is 22.0 Å². The Labute approximate surface area is 269 Å². The van der Waals surface area contributed by atoms with E-state index in [-0.39, 0.29) is 31.7 Å². The summed E-state index contributed by atoms with van der Waals surface area (Å²) in [6.07, 6.45) is 0.546. The monoisotopic (exact) mass is 635 g/mol. The highest BCUT2D eigenvalue weighted by Gasteiger charge is 2.31. The largest absolute Gasteiger partial charge is 0.481 e. The van der Waals surface area contributed by atoms with Crippen molar-refractivity contribution in [2.45, 2.75) is 90.6 Å². The van der Waals surface area contributed by atoms with Crippen LogP contribution in [0.1, 0.15) is 65.0 Å². The number of fused-ring (bicyclic) bond motifs is 1. The van der Waals surface area contributed by atoms with Crippen LogP contribution in [0.25, 0.3) is 10.9 Å². The fourth-order valence-corrected chi connectivity index (χ4v) is 4.93. The van der Waals surface area contributed by atoms with E-state index in [1.54, 1.807) is 27.0 Å². The van der Waals surface area contributed by atoms with Crippen LogP contribution in [0, 0.1) is 5.92 Å². The van der Waals surface area contributed by atoms with Crippen LogP contribution in [0.4, 0.5) is 4.79 Å². The molecule has 0 aliphatic rings. The molecule has 0 fully saturated rings. The number of amides is 4. The summed E-state index contributed by atoms with van der Waals surface area (Å²) in [5.74, 6) is -2.90. The van der Waals surface area contributed by atoms with Gasteiger partial charge >= 0.3 is 12.1 Å². The molecule has 12 heteroatoms. The molecule has 0 radical (unpaired) electrons. The van der Waals surface area contributed by atoms with Crippen LogP contribution in [-0.4, -0.2) is 63.6 Å². The third-order valence-corrected chi connectivity index (χ3v) is 6.98. The van der Waals surface area contributed by atoms with Crippen LogP contribution < -0.4 is 21.3 Å². The number of alkyl carbamates (subject to hydrolysis) is 1. The van der Waals surface area contributed by atoms with Gasteiger partial charge in [0.2, 0.25) is 17.7 Å². The SMILES string of the molecule is CC(C)C[C@H](NC(=O)[C@@H](Cc1c[nH]c2ccccc12)NC(=O)OC(C)(C)C)C(=O)N[C@H](CC(=O)O)CC(=O)NCc1ccccc1. The Bertz CT molecular complexity index is 1500. The molecule has 4 amide bonds. The molecule has 12 nitrogen and oxygen atoms in total. The first-order valence-electron chi connectivity index (χ1n) is 15.4. The van der Waals surface area contributed by atoms with E-state index in [4.69, 9.17) is 4.74 Å². The number of aliphatic carboxylic acids is 1. The Morgan fingerprint density at radius 1 is 0.848 bits per heavy atom. The lowest BCUT2D eigenvalue weighted by atomic mass is 10.00. The quantitative estimate of drug-likeness (QED) is 0.147. The van der Waals surface area contributed by atoms with Gasteiger partial charge in [-0.2, -0.15) is 0 Å². The number of nitrogens with one attached hydrogen (secondary N) is 5. The molecule has 0 saturated carbocycles. The van der Waals surface area contributed by atoms with E-state index < -0.39 is 59.9 Å². The number of rotatable bonds is 15. The van der Waals surface area contributed by atoms with Gasteiger partial charge in [0.1, 0.15) is 17.7 Å². The minimum absolute atomic E-state index is 0.0333. The highest BCUT2D eigenvalue weighted by atomic mass is 16.6. The molecule has 6 N–H and O–H groups in total. The third-order valence-electron chi connectivity index (χ3n) is 6.98. The Morgan fingerprint density at radius 2 is 1.50 bits per heavy atom. The van der Waals surface area contributed by atoms with E-state index in [0.29, 0.717) is 0 Å². The zero-order valence-corrected chi connectivity index (χ0v) is 27.0. The number of ether oxygens (including phenoxy) is 1. The molecule has 0 bridgehead atoms. The van der Waals surface area contributed by atoms with Crippen molar-refractivity contribution in [3.63, 3.8) is 0 Å². The van der Waals surface area contributed by atoms with Gasteiger partial charge in [-0.15, -0.1) is 0 Å². The van der Waals surface area contributed by atoms with Crippen molar-refractivity contribution in [3.05, 3.63) is 71.9 Å². The molecule has 0 unspecified atom stereocenters. The number of aromatic nitrogens is 1. The number of carboxylic acids is 1. The van der Waals surface area contributed by atoms with Gasteiger partial charge in [-0.25, -0.2) is 4.79 Å². The minimum Gasteiger partial charge on any atom is -0.481 e. The van der Waals surface area contributed by atoms with Crippen molar-refractivity contribution < 1.29 is 33.8 Å². The number of carbonyl (C=O) groups excluding carboxylic acids is 4. The molecule has 2 aromatic carbocycles. The van der Waals surface area contributed by atoms with Gasteiger partial charge in [-0.1, -0.05) is 62.4 Å². The topological polar surface area (TPSA) is 179 Å². The molecule has 1 aromatic heterocycles. The van der Waals surface area contributed by atoms with Crippen LogP contribution >= 0.6 is 0 Å². The summed E-state index contributed by atoms with van der Waals surface area (Å²) in [6.45, 7) is 9.13. The first kappa shape index (κ1) is 35.6. The predicted molar refractivity (Wildman–Crippen MR) is 174 cm³/mol. The van der Waals surface area contributed by atoms with Crippen LogP contribution in [0.3, 0.4) is 0 Å². The molecule has 248 valence electrons. The summed E-state index contributed by atoms with van der Waals surface area (Å²) in [4.78, 5) is 67.5. The normalized spacial score (nSPS) is 13.3. The summed E-state index contributed by atoms with van der Waals surface area (Å²) in [7, 11) is 0. The average Bonchev–Trinajstić information content (AvgIpc) is 3.37. The maximum Gasteiger partial charge on any atom is 0.408 e. The van der Waals surface area contributed by atoms with Crippen LogP contribution in [0.2, 0.25) is 0 Å². The zero-order chi connectivity index (χ0) is 33.9. The number of hydrogen-bond acceptors (Lipinski definition) is 6. The lowest BCUT2D eigenvalue weighted by Crippen LogP contribution is -2.56. The Hall–Kier alpha value is -4.87. The maximum absolute atomic E-state index is 13.7. The molecule has 1 heterocycles. The van der Waals surface area contributed by atoms with Gasteiger partial charge in [0.25, 0.3) is 0 Å². The van der Waals surface area contributed by atoms with Gasteiger partial charge < -0.3 is 36.1 Å². The van der Waals surface area contributed by atoms with E-state index >= 15 is 0 Å². The number of carboxylic acid groups (broad SMARTS) is 1. The Morgan fingerprint density at radius 3 is 2.15 bits per heavy atom. The predicted octanol–water partition coefficient (Wildman–Crippen LogP) is 3.80. The molecule has 0 saturated heterocycles. The summed E-state index contributed by atoms with van der Waals surface area (Å²) in [5, 5.41) is 21.2. The minimum atomic E-state index is -1.19. The van der Waals surface area contributed by atoms with Crippen LogP contribution in [0.5, 0.6) is 0 Å². The second kappa shape index (κ2) is 16.4. The van der Waals surface area contributed by atoms with Gasteiger partial charge in [0.15, 0.2) is 0 Å². The van der Waals surface area contributed by atoms with Crippen molar-refractivity contribution in [1.29, 1.82) is 0 Å². The van der Waals surface area contributed by atoms with Crippen LogP contribution in [-0.2, 0) is 36.9 Å². The number of benzene rings is 2. The number of H-pyrrole nitrogens is 1. The lowest BCUT2D eigenvalue weighted by molar-refractivity contribution is -0.138. The molecule has 0 spiro atoms. The van der Waals surface area contributed by atoms with Crippen LogP contribution in [0.15, 0.2) is 60.8 Å². The van der Waals surface area contributed by atoms with Crippen molar-refractivity contribution in [2.24, 2.45) is 5.92 Å². The molecule has 0 aliphatic carbocycles. The number of carbonyl (C=O) groups is 5. The smallest absolute Gasteiger partial charge is 0.408 e. The summed E-state index contributed by atoms with van der Waals surface area (Å²) in [6, 6.07) is 13.6. The van der Waals surface area contributed by atoms with Gasteiger partial charge in [0.05, 0.1) is 6.42 Å². The van der Waals surface area contributed by atoms with Crippen molar-refractivity contribution in [3.8, 4) is 0 Å². The molecule has 3 aromatic rings. The first-order chi connectivity index (χ1) is 21.7. The second-order valence-corrected chi connectivity index (χ2v) is 12.7. The van der Waals surface area contributed by atoms with E-state index in [9.17, 15) is 29.1 Å². The average molecular weight is 636 g/mol. The lowest BCUT2D eigenvalue weighted by Gasteiger charge is -2.27. The zero-order valence-electron chi connectivity index (χ0n) is 27.0. The van der Waals surface area contributed by atoms with Gasteiger partial charge in [-0.05, 0) is 50.3 Å². The van der Waals surface area contributed by atoms with E-state index in [1.807, 2.05) is 68.4 Å². The fourth-order valence-electron chi connectivity index (χ4n) is 4.93. The standard InChI is InChI=1S/C34H45N5O7/c1-21(2)15-27(31(43)37-24(18-30(41)42)17-29(40)36-19-22-11-7-6-8-12-22)38-32(44)28(39-33(45)46-34(3,4)5)16-23-20-35-26-14-10-9-13-25(23)26/h6-14,20-21,24,27-28,35H,15-19H2,1-5H3,(H,36,40)(H,37,43)(H,38,44)(H,39,45)(H,41,42)/t24-,27-,28+/m0/s1. The third kappa shape index (κ3) is 11.9. The van der Waals surface area contributed by atoms with Crippen molar-refractivity contribution in [2.75, 3.05) is 0 Å². The fraction of sp³-hybridized carbons (Fsp3) is 0.441. The molecule has 46 heavy (non-hydrogen) atoms. The summed E-state index contributed by atoms with van der Waals surface area (Å²) in [5.41, 5.74) is 1.71. The Balaban J connectivity index is 1.76. The highest BCUT2D eigenvalue weighted by Crippen LogP contribution is 2.20. The Kier molecular flexibility index (Phi) is 12.7. The molecular weight excluding hydrogens is 590 g/mol. The van der Waals surface area contributed by atoms with Gasteiger partial charge in [0, 0.05) is 42.5 Å². The highest BCUT2D eigenvalue weighted by molar-refractivity contribution is 5.93. The summed E-state index contributed by atoms with van der Waals surface area (Å²) < 4.78 is 5.41. The van der Waals surface area contributed by atoms with E-state index in [2.05, 4.69) is 26.3 Å². The number of hydrogen-bond donors (Lipinski definition) is 6. The summed E-state index contributed by atoms with van der Waals surface area (Å²) >= 11 is 0. The molecular formula is C34H45N5O7. The van der Waals surface area contributed by atoms with Gasteiger partial charge in [-0.3, -0.25) is 19.2 Å². The van der Waals surface area contributed by atoms with E-state index in [1.165, 1.54) is 0 Å². The molecule has 3 atom stereocenters. The molecule has 0 aliphatic heterocycles. The van der Waals surface area contributed by atoms with Crippen molar-refractivity contribution >= 4 is 40.7 Å². The number of para-hydroxylation sites is 1. The second-order valence-electron chi connectivity index (χ2n) is 12.7. The first-order valence-corrected chi connectivity index (χ1v) is 15.4. The number of aromatic amines is 1. The molecule has 3 rings (SSSR count).